The van der Waals surface area contributed by atoms with E-state index in [4.69, 9.17) is 4.74 Å². The molecule has 2 heteroatoms. The zero-order valence-electron chi connectivity index (χ0n) is 6.88. The molecule has 2 fully saturated rings. The molecule has 64 valence electrons. The van der Waals surface area contributed by atoms with Gasteiger partial charge in [-0.3, -0.25) is 0 Å². The summed E-state index contributed by atoms with van der Waals surface area (Å²) in [5.41, 5.74) is 0. The zero-order chi connectivity index (χ0) is 7.73. The second kappa shape index (κ2) is 2.76. The Kier molecular flexibility index (Phi) is 1.90. The summed E-state index contributed by atoms with van der Waals surface area (Å²) < 4.78 is 5.42. The first kappa shape index (κ1) is 7.56. The molecule has 1 N–H and O–H groups in total. The topological polar surface area (TPSA) is 29.5 Å². The molecule has 0 bridgehead atoms. The van der Waals surface area contributed by atoms with E-state index in [-0.39, 0.29) is 0 Å². The number of hydrogen-bond donors (Lipinski definition) is 1. The van der Waals surface area contributed by atoms with Crippen LogP contribution in [0, 0.1) is 5.92 Å². The van der Waals surface area contributed by atoms with Crippen molar-refractivity contribution in [3.8, 4) is 0 Å². The van der Waals surface area contributed by atoms with Gasteiger partial charge in [0, 0.05) is 12.3 Å². The number of fused-ring (bicyclic) bond motifs is 1. The molecule has 1 heterocycles. The van der Waals surface area contributed by atoms with Gasteiger partial charge in [-0.05, 0) is 25.7 Å². The van der Waals surface area contributed by atoms with Crippen LogP contribution in [0.3, 0.4) is 0 Å². The highest BCUT2D eigenvalue weighted by Crippen LogP contribution is 2.40. The first-order valence-corrected chi connectivity index (χ1v) is 4.68. The molecule has 11 heavy (non-hydrogen) atoms. The van der Waals surface area contributed by atoms with Gasteiger partial charge in [0.2, 0.25) is 0 Å². The quantitative estimate of drug-likeness (QED) is 0.578. The van der Waals surface area contributed by atoms with Gasteiger partial charge in [-0.1, -0.05) is 6.42 Å². The molecule has 2 unspecified atom stereocenters. The summed E-state index contributed by atoms with van der Waals surface area (Å²) >= 11 is 0. The molecule has 0 aromatic rings. The van der Waals surface area contributed by atoms with Gasteiger partial charge in [-0.25, -0.2) is 0 Å². The van der Waals surface area contributed by atoms with Crippen LogP contribution >= 0.6 is 0 Å². The highest BCUT2D eigenvalue weighted by atomic mass is 16.6. The van der Waals surface area contributed by atoms with Crippen molar-refractivity contribution >= 4 is 0 Å². The van der Waals surface area contributed by atoms with E-state index in [9.17, 15) is 5.11 Å². The number of aliphatic hydroxyl groups is 1. The zero-order valence-corrected chi connectivity index (χ0v) is 6.88. The lowest BCUT2D eigenvalue weighted by Crippen LogP contribution is -2.46. The van der Waals surface area contributed by atoms with Gasteiger partial charge < -0.3 is 9.84 Å². The number of ether oxygens (including phenoxy) is 1. The third-order valence-electron chi connectivity index (χ3n) is 3.02. The van der Waals surface area contributed by atoms with Crippen LogP contribution in [0.1, 0.15) is 38.5 Å². The molecule has 1 saturated heterocycles. The molecular formula is C9H16O2. The molecule has 2 atom stereocenters. The largest absolute Gasteiger partial charge is 0.365 e. The normalized spacial score (nSPS) is 45.0. The highest BCUT2D eigenvalue weighted by Gasteiger charge is 2.41. The summed E-state index contributed by atoms with van der Waals surface area (Å²) in [5.74, 6) is -0.291. The van der Waals surface area contributed by atoms with Gasteiger partial charge in [-0.15, -0.1) is 0 Å². The molecular weight excluding hydrogens is 140 g/mol. The van der Waals surface area contributed by atoms with E-state index in [1.807, 2.05) is 0 Å². The second-order valence-corrected chi connectivity index (χ2v) is 3.78. The summed E-state index contributed by atoms with van der Waals surface area (Å²) in [6.07, 6.45) is 6.72. The van der Waals surface area contributed by atoms with Crippen molar-refractivity contribution in [2.75, 3.05) is 6.61 Å². The molecule has 0 amide bonds. The predicted octanol–water partition coefficient (Wildman–Crippen LogP) is 1.68. The Hall–Kier alpha value is -0.0800. The van der Waals surface area contributed by atoms with Gasteiger partial charge in [0.05, 0.1) is 6.61 Å². The number of hydrogen-bond acceptors (Lipinski definition) is 2. The van der Waals surface area contributed by atoms with Crippen LogP contribution in [0.5, 0.6) is 0 Å². The third-order valence-corrected chi connectivity index (χ3v) is 3.02. The second-order valence-electron chi connectivity index (χ2n) is 3.78. The maximum atomic E-state index is 9.97. The molecule has 0 spiro atoms. The third kappa shape index (κ3) is 1.30. The lowest BCUT2D eigenvalue weighted by Gasteiger charge is -2.42. The fourth-order valence-electron chi connectivity index (χ4n) is 2.34. The van der Waals surface area contributed by atoms with Crippen LogP contribution in [-0.4, -0.2) is 17.5 Å². The molecule has 0 aromatic heterocycles. The molecule has 1 aliphatic heterocycles. The lowest BCUT2D eigenvalue weighted by molar-refractivity contribution is -0.270. The molecule has 2 aliphatic rings. The fraction of sp³-hybridized carbons (Fsp3) is 1.00. The molecule has 1 aliphatic carbocycles. The molecule has 2 nitrogen and oxygen atoms in total. The van der Waals surface area contributed by atoms with Crippen molar-refractivity contribution in [1.82, 2.24) is 0 Å². The van der Waals surface area contributed by atoms with E-state index in [0.29, 0.717) is 5.92 Å². The van der Waals surface area contributed by atoms with E-state index >= 15 is 0 Å². The van der Waals surface area contributed by atoms with E-state index < -0.39 is 5.79 Å². The van der Waals surface area contributed by atoms with Crippen molar-refractivity contribution in [3.05, 3.63) is 0 Å². The van der Waals surface area contributed by atoms with Gasteiger partial charge in [0.15, 0.2) is 5.79 Å². The van der Waals surface area contributed by atoms with Crippen molar-refractivity contribution in [2.45, 2.75) is 44.3 Å². The summed E-state index contributed by atoms with van der Waals surface area (Å²) in [7, 11) is 0. The predicted molar refractivity (Wildman–Crippen MR) is 42.1 cm³/mol. The van der Waals surface area contributed by atoms with E-state index in [1.165, 1.54) is 6.42 Å². The number of rotatable bonds is 0. The minimum Gasteiger partial charge on any atom is -0.365 e. The lowest BCUT2D eigenvalue weighted by atomic mass is 9.79. The Morgan fingerprint density at radius 3 is 2.82 bits per heavy atom. The summed E-state index contributed by atoms with van der Waals surface area (Å²) in [6, 6.07) is 0. The van der Waals surface area contributed by atoms with Gasteiger partial charge >= 0.3 is 0 Å². The standard InChI is InChI=1S/C9H16O2/c10-9-6-2-1-4-8(9)5-3-7-11-9/h8,10H,1-7H2. The van der Waals surface area contributed by atoms with Crippen LogP contribution in [0.15, 0.2) is 0 Å². The Morgan fingerprint density at radius 1 is 1.18 bits per heavy atom. The van der Waals surface area contributed by atoms with E-state index in [0.717, 1.165) is 38.7 Å². The first-order chi connectivity index (χ1) is 5.31. The monoisotopic (exact) mass is 156 g/mol. The SMILES string of the molecule is OC12CCCCC1CCCO2. The van der Waals surface area contributed by atoms with Crippen LogP contribution < -0.4 is 0 Å². The molecule has 0 radical (unpaired) electrons. The van der Waals surface area contributed by atoms with Gasteiger partial charge in [0.1, 0.15) is 0 Å². The molecule has 0 aromatic carbocycles. The van der Waals surface area contributed by atoms with Crippen LogP contribution in [0.25, 0.3) is 0 Å². The first-order valence-electron chi connectivity index (χ1n) is 4.68. The molecule has 1 saturated carbocycles. The average molecular weight is 156 g/mol. The van der Waals surface area contributed by atoms with E-state index in [1.54, 1.807) is 0 Å². The Bertz CT molecular complexity index is 132. The van der Waals surface area contributed by atoms with Gasteiger partial charge in [-0.2, -0.15) is 0 Å². The van der Waals surface area contributed by atoms with Crippen molar-refractivity contribution in [3.63, 3.8) is 0 Å². The Labute approximate surface area is 67.6 Å². The van der Waals surface area contributed by atoms with Crippen molar-refractivity contribution < 1.29 is 9.84 Å². The van der Waals surface area contributed by atoms with E-state index in [2.05, 4.69) is 0 Å². The van der Waals surface area contributed by atoms with Crippen molar-refractivity contribution in [1.29, 1.82) is 0 Å². The highest BCUT2D eigenvalue weighted by molar-refractivity contribution is 4.84. The van der Waals surface area contributed by atoms with Crippen LogP contribution in [0.4, 0.5) is 0 Å². The minimum absolute atomic E-state index is 0.435. The molecule has 2 rings (SSSR count). The van der Waals surface area contributed by atoms with Crippen molar-refractivity contribution in [2.24, 2.45) is 5.92 Å². The minimum atomic E-state index is -0.726. The summed E-state index contributed by atoms with van der Waals surface area (Å²) in [4.78, 5) is 0. The van der Waals surface area contributed by atoms with Crippen LogP contribution in [0.2, 0.25) is 0 Å². The Morgan fingerprint density at radius 2 is 2.00 bits per heavy atom. The summed E-state index contributed by atoms with van der Waals surface area (Å²) in [6.45, 7) is 0.757. The smallest absolute Gasteiger partial charge is 0.168 e. The van der Waals surface area contributed by atoms with Crippen LogP contribution in [-0.2, 0) is 4.74 Å². The summed E-state index contributed by atoms with van der Waals surface area (Å²) in [5, 5.41) is 9.97. The Balaban J connectivity index is 2.06. The fourth-order valence-corrected chi connectivity index (χ4v) is 2.34. The maximum absolute atomic E-state index is 9.97. The van der Waals surface area contributed by atoms with Gasteiger partial charge in [0.25, 0.3) is 0 Å². The maximum Gasteiger partial charge on any atom is 0.168 e. The average Bonchev–Trinajstić information content (AvgIpc) is 2.03.